The fraction of sp³-hybridized carbons (Fsp3) is 0.235. The molecule has 0 aliphatic rings. The highest BCUT2D eigenvalue weighted by Crippen LogP contribution is 2.23. The zero-order valence-electron chi connectivity index (χ0n) is 13.4. The third kappa shape index (κ3) is 4.08. The summed E-state index contributed by atoms with van der Waals surface area (Å²) >= 11 is 13.8. The Balaban J connectivity index is 1.89. The van der Waals surface area contributed by atoms with Crippen molar-refractivity contribution >= 4 is 46.5 Å². The molecule has 0 saturated heterocycles. The predicted octanol–water partition coefficient (Wildman–Crippen LogP) is 4.26. The first-order valence-electron chi connectivity index (χ1n) is 7.64. The van der Waals surface area contributed by atoms with Crippen molar-refractivity contribution in [3.63, 3.8) is 0 Å². The van der Waals surface area contributed by atoms with E-state index in [-0.39, 0.29) is 11.9 Å². The van der Waals surface area contributed by atoms with E-state index in [1.165, 1.54) is 0 Å². The molecule has 0 fully saturated rings. The molecule has 5 nitrogen and oxygen atoms in total. The number of hydrogen-bond acceptors (Lipinski definition) is 4. The molecule has 2 aromatic heterocycles. The minimum atomic E-state index is -0.274. The van der Waals surface area contributed by atoms with Crippen LogP contribution < -0.4 is 5.32 Å². The zero-order valence-corrected chi connectivity index (χ0v) is 15.8. The van der Waals surface area contributed by atoms with Gasteiger partial charge >= 0.3 is 0 Å². The van der Waals surface area contributed by atoms with Gasteiger partial charge in [0.15, 0.2) is 11.5 Å². The van der Waals surface area contributed by atoms with Gasteiger partial charge in [0.2, 0.25) is 0 Å². The molecule has 25 heavy (non-hydrogen) atoms. The molecule has 8 heteroatoms. The third-order valence-corrected chi connectivity index (χ3v) is 4.94. The van der Waals surface area contributed by atoms with Crippen molar-refractivity contribution in [3.8, 4) is 0 Å². The fourth-order valence-corrected chi connectivity index (χ4v) is 3.47. The number of nitrogens with one attached hydrogen (secondary N) is 1. The van der Waals surface area contributed by atoms with E-state index < -0.39 is 0 Å². The summed E-state index contributed by atoms with van der Waals surface area (Å²) in [6.45, 7) is 0. The Bertz CT molecular complexity index is 899. The van der Waals surface area contributed by atoms with Gasteiger partial charge in [-0.05, 0) is 48.8 Å². The number of fused-ring (bicyclic) bond motifs is 1. The summed E-state index contributed by atoms with van der Waals surface area (Å²) in [5.41, 5.74) is 1.12. The lowest BCUT2D eigenvalue weighted by atomic mass is 10.1. The van der Waals surface area contributed by atoms with Crippen molar-refractivity contribution in [2.24, 2.45) is 0 Å². The SMILES string of the molecule is CSCC[C@H](NC(=O)c1ccc(Cl)cc1Cl)c1nnc2ccccn12. The summed E-state index contributed by atoms with van der Waals surface area (Å²) in [5.74, 6) is 1.31. The second-order valence-electron chi connectivity index (χ2n) is 5.42. The van der Waals surface area contributed by atoms with Crippen LogP contribution in [0, 0.1) is 0 Å². The van der Waals surface area contributed by atoms with E-state index in [0.29, 0.717) is 21.4 Å². The van der Waals surface area contributed by atoms with Gasteiger partial charge in [0, 0.05) is 11.2 Å². The first-order chi connectivity index (χ1) is 12.1. The number of aromatic nitrogens is 3. The lowest BCUT2D eigenvalue weighted by Gasteiger charge is -2.17. The second-order valence-corrected chi connectivity index (χ2v) is 7.25. The van der Waals surface area contributed by atoms with Crippen molar-refractivity contribution in [3.05, 3.63) is 64.0 Å². The van der Waals surface area contributed by atoms with E-state index in [1.807, 2.05) is 35.1 Å². The van der Waals surface area contributed by atoms with Crippen LogP contribution in [0.2, 0.25) is 10.0 Å². The molecule has 130 valence electrons. The van der Waals surface area contributed by atoms with Crippen LogP contribution in [0.1, 0.15) is 28.6 Å². The predicted molar refractivity (Wildman–Crippen MR) is 103 cm³/mol. The quantitative estimate of drug-likeness (QED) is 0.678. The largest absolute Gasteiger partial charge is 0.342 e. The lowest BCUT2D eigenvalue weighted by Crippen LogP contribution is -2.30. The highest BCUT2D eigenvalue weighted by Gasteiger charge is 2.22. The van der Waals surface area contributed by atoms with Crippen LogP contribution in [0.15, 0.2) is 42.6 Å². The van der Waals surface area contributed by atoms with Crippen LogP contribution in [0.3, 0.4) is 0 Å². The van der Waals surface area contributed by atoms with Crippen molar-refractivity contribution in [1.29, 1.82) is 0 Å². The van der Waals surface area contributed by atoms with Crippen molar-refractivity contribution in [1.82, 2.24) is 19.9 Å². The highest BCUT2D eigenvalue weighted by molar-refractivity contribution is 7.98. The Morgan fingerprint density at radius 1 is 1.28 bits per heavy atom. The van der Waals surface area contributed by atoms with Crippen LogP contribution in [0.5, 0.6) is 0 Å². The molecule has 1 amide bonds. The molecule has 0 aliphatic heterocycles. The molecule has 3 rings (SSSR count). The van der Waals surface area contributed by atoms with Gasteiger partial charge in [-0.25, -0.2) is 0 Å². The summed E-state index contributed by atoms with van der Waals surface area (Å²) in [7, 11) is 0. The minimum Gasteiger partial charge on any atom is -0.342 e. The molecule has 1 atom stereocenters. The van der Waals surface area contributed by atoms with E-state index in [2.05, 4.69) is 15.5 Å². The third-order valence-electron chi connectivity index (χ3n) is 3.74. The Kier molecular flexibility index (Phi) is 5.83. The smallest absolute Gasteiger partial charge is 0.253 e. The molecule has 2 heterocycles. The maximum absolute atomic E-state index is 12.7. The van der Waals surface area contributed by atoms with E-state index >= 15 is 0 Å². The normalized spacial score (nSPS) is 12.3. The van der Waals surface area contributed by atoms with Crippen molar-refractivity contribution in [2.45, 2.75) is 12.5 Å². The molecule has 3 aromatic rings. The van der Waals surface area contributed by atoms with Gasteiger partial charge in [-0.3, -0.25) is 9.20 Å². The average Bonchev–Trinajstić information content (AvgIpc) is 3.02. The van der Waals surface area contributed by atoms with Crippen LogP contribution >= 0.6 is 35.0 Å². The van der Waals surface area contributed by atoms with E-state index in [0.717, 1.165) is 17.8 Å². The molecular weight excluding hydrogens is 379 g/mol. The first kappa shape index (κ1) is 18.0. The van der Waals surface area contributed by atoms with Gasteiger partial charge in [0.1, 0.15) is 0 Å². The summed E-state index contributed by atoms with van der Waals surface area (Å²) in [6.07, 6.45) is 4.64. The number of amides is 1. The molecule has 0 spiro atoms. The molecule has 0 bridgehead atoms. The number of thioether (sulfide) groups is 1. The van der Waals surface area contributed by atoms with Crippen LogP contribution in [0.25, 0.3) is 5.65 Å². The minimum absolute atomic E-state index is 0.263. The van der Waals surface area contributed by atoms with Gasteiger partial charge < -0.3 is 5.32 Å². The molecule has 0 unspecified atom stereocenters. The van der Waals surface area contributed by atoms with Crippen LogP contribution in [0.4, 0.5) is 0 Å². The van der Waals surface area contributed by atoms with Crippen molar-refractivity contribution in [2.75, 3.05) is 12.0 Å². The zero-order chi connectivity index (χ0) is 17.8. The summed E-state index contributed by atoms with van der Waals surface area (Å²) < 4.78 is 1.88. The average molecular weight is 395 g/mol. The van der Waals surface area contributed by atoms with E-state index in [1.54, 1.807) is 30.0 Å². The number of halogens is 2. The Labute approximate surface area is 159 Å². The summed E-state index contributed by atoms with van der Waals surface area (Å²) in [4.78, 5) is 12.7. The molecule has 0 saturated carbocycles. The van der Waals surface area contributed by atoms with Gasteiger partial charge in [0.25, 0.3) is 5.91 Å². The second kappa shape index (κ2) is 8.08. The van der Waals surface area contributed by atoms with Crippen LogP contribution in [-0.4, -0.2) is 32.5 Å². The molecular formula is C17H16Cl2N4OS. The van der Waals surface area contributed by atoms with Gasteiger partial charge in [0.05, 0.1) is 16.6 Å². The fourth-order valence-electron chi connectivity index (χ4n) is 2.51. The topological polar surface area (TPSA) is 59.3 Å². The number of pyridine rings is 1. The molecule has 1 aromatic carbocycles. The molecule has 1 N–H and O–H groups in total. The number of benzene rings is 1. The van der Waals surface area contributed by atoms with Gasteiger partial charge in [-0.1, -0.05) is 29.3 Å². The number of carbonyl (C=O) groups excluding carboxylic acids is 1. The number of rotatable bonds is 6. The standard InChI is InChI=1S/C17H16Cl2N4OS/c1-25-9-7-14(16-22-21-15-4-2-3-8-23(15)16)20-17(24)12-6-5-11(18)10-13(12)19/h2-6,8,10,14H,7,9H2,1H3,(H,20,24)/t14-/m0/s1. The summed E-state index contributed by atoms with van der Waals surface area (Å²) in [5, 5.41) is 12.3. The van der Waals surface area contributed by atoms with E-state index in [4.69, 9.17) is 23.2 Å². The van der Waals surface area contributed by atoms with Crippen molar-refractivity contribution < 1.29 is 4.79 Å². The number of nitrogens with zero attached hydrogens (tertiary/aromatic N) is 3. The number of hydrogen-bond donors (Lipinski definition) is 1. The molecule has 0 radical (unpaired) electrons. The Hall–Kier alpha value is -1.76. The van der Waals surface area contributed by atoms with Gasteiger partial charge in [-0.2, -0.15) is 11.8 Å². The Morgan fingerprint density at radius 2 is 2.12 bits per heavy atom. The maximum atomic E-state index is 12.7. The first-order valence-corrected chi connectivity index (χ1v) is 9.79. The number of carbonyl (C=O) groups is 1. The highest BCUT2D eigenvalue weighted by atomic mass is 35.5. The monoisotopic (exact) mass is 394 g/mol. The van der Waals surface area contributed by atoms with E-state index in [9.17, 15) is 4.79 Å². The lowest BCUT2D eigenvalue weighted by molar-refractivity contribution is 0.0934. The van der Waals surface area contributed by atoms with Crippen LogP contribution in [-0.2, 0) is 0 Å². The van der Waals surface area contributed by atoms with Gasteiger partial charge in [-0.15, -0.1) is 10.2 Å². The Morgan fingerprint density at radius 3 is 2.88 bits per heavy atom. The molecule has 0 aliphatic carbocycles. The summed E-state index contributed by atoms with van der Waals surface area (Å²) in [6, 6.07) is 10.2. The maximum Gasteiger partial charge on any atom is 0.253 e.